The third kappa shape index (κ3) is 5.18. The van der Waals surface area contributed by atoms with Crippen LogP contribution in [0.15, 0.2) is 194 Å². The molecule has 0 aliphatic rings. The van der Waals surface area contributed by atoms with Gasteiger partial charge in [-0.2, -0.15) is 0 Å². The summed E-state index contributed by atoms with van der Waals surface area (Å²) in [6, 6.07) is 70.8. The Kier molecular flexibility index (Phi) is 7.20. The van der Waals surface area contributed by atoms with Crippen LogP contribution >= 0.6 is 0 Å². The van der Waals surface area contributed by atoms with Crippen molar-refractivity contribution in [3.63, 3.8) is 0 Å². The van der Waals surface area contributed by atoms with E-state index < -0.39 is 0 Å². The molecule has 0 aliphatic carbocycles. The summed E-state index contributed by atoms with van der Waals surface area (Å²) < 4.78 is 5.28. The number of para-hydroxylation sites is 2. The SMILES string of the molecule is c1ccc(-c2ccc(N(c3ccc(-c4ccc5c(c4)c4ccccc4n5-c4ccccc4)cc3)c3ccc4[se]c5ccccc5c4c3)cc2)cc1. The molecule has 0 saturated heterocycles. The van der Waals surface area contributed by atoms with E-state index in [2.05, 4.69) is 204 Å². The van der Waals surface area contributed by atoms with Gasteiger partial charge in [0.1, 0.15) is 0 Å². The summed E-state index contributed by atoms with van der Waals surface area (Å²) in [6.45, 7) is 0. The number of hydrogen-bond acceptors (Lipinski definition) is 1. The van der Waals surface area contributed by atoms with Crippen LogP contribution in [0.2, 0.25) is 0 Å². The Labute approximate surface area is 302 Å². The van der Waals surface area contributed by atoms with Gasteiger partial charge >= 0.3 is 217 Å². The molecule has 0 N–H and O–H groups in total. The first kappa shape index (κ1) is 29.8. The Morgan fingerprint density at radius 3 is 1.61 bits per heavy atom. The number of fused-ring (bicyclic) bond motifs is 6. The average molecular weight is 716 g/mol. The van der Waals surface area contributed by atoms with Gasteiger partial charge in [-0.25, -0.2) is 0 Å². The summed E-state index contributed by atoms with van der Waals surface area (Å²) in [6.07, 6.45) is 0. The van der Waals surface area contributed by atoms with Gasteiger partial charge in [0.15, 0.2) is 0 Å². The van der Waals surface area contributed by atoms with Crippen LogP contribution in [0.1, 0.15) is 0 Å². The second-order valence-electron chi connectivity index (χ2n) is 13.0. The molecular weight excluding hydrogens is 684 g/mol. The maximum atomic E-state index is 2.39. The molecule has 0 radical (unpaired) electrons. The molecular formula is C48H32N2Se. The first-order chi connectivity index (χ1) is 25.3. The van der Waals surface area contributed by atoms with Crippen molar-refractivity contribution in [3.8, 4) is 27.9 Å². The van der Waals surface area contributed by atoms with Crippen LogP contribution in [-0.2, 0) is 0 Å². The minimum atomic E-state index is 0.336. The third-order valence-corrected chi connectivity index (χ3v) is 12.4. The quantitative estimate of drug-likeness (QED) is 0.156. The molecule has 0 unspecified atom stereocenters. The van der Waals surface area contributed by atoms with E-state index in [-0.39, 0.29) is 0 Å². The Hall–Kier alpha value is -6.12. The van der Waals surface area contributed by atoms with Crippen LogP contribution < -0.4 is 4.90 Å². The second kappa shape index (κ2) is 12.3. The molecule has 0 amide bonds. The molecule has 51 heavy (non-hydrogen) atoms. The Bertz CT molecular complexity index is 2830. The molecule has 0 spiro atoms. The summed E-state index contributed by atoms with van der Waals surface area (Å²) in [5.74, 6) is 0. The van der Waals surface area contributed by atoms with Crippen LogP contribution in [0, 0.1) is 0 Å². The summed E-state index contributed by atoms with van der Waals surface area (Å²) in [7, 11) is 0. The van der Waals surface area contributed by atoms with E-state index in [9.17, 15) is 0 Å². The number of aromatic nitrogens is 1. The predicted molar refractivity (Wildman–Crippen MR) is 218 cm³/mol. The van der Waals surface area contributed by atoms with Gasteiger partial charge < -0.3 is 4.57 Å². The van der Waals surface area contributed by atoms with Gasteiger partial charge in [0, 0.05) is 11.1 Å². The van der Waals surface area contributed by atoms with Crippen LogP contribution in [0.4, 0.5) is 17.1 Å². The van der Waals surface area contributed by atoms with Gasteiger partial charge in [-0.1, -0.05) is 42.5 Å². The third-order valence-electron chi connectivity index (χ3n) is 10.00. The zero-order valence-electron chi connectivity index (χ0n) is 27.8. The van der Waals surface area contributed by atoms with Crippen molar-refractivity contribution in [3.05, 3.63) is 194 Å². The van der Waals surface area contributed by atoms with Crippen LogP contribution in [0.25, 0.3) is 69.0 Å². The van der Waals surface area contributed by atoms with Gasteiger partial charge in [0.25, 0.3) is 0 Å². The zero-order valence-corrected chi connectivity index (χ0v) is 29.5. The molecule has 0 fully saturated rings. The fourth-order valence-electron chi connectivity index (χ4n) is 7.54. The number of anilines is 3. The molecule has 0 bridgehead atoms. The van der Waals surface area contributed by atoms with E-state index in [0.29, 0.717) is 14.5 Å². The van der Waals surface area contributed by atoms with Crippen LogP contribution in [0.3, 0.4) is 0 Å². The fraction of sp³-hybridized carbons (Fsp3) is 0. The van der Waals surface area contributed by atoms with Gasteiger partial charge in [-0.15, -0.1) is 0 Å². The number of rotatable bonds is 6. The number of nitrogens with zero attached hydrogens (tertiary/aromatic N) is 2. The fourth-order valence-corrected chi connectivity index (χ4v) is 9.82. The van der Waals surface area contributed by atoms with Gasteiger partial charge in [-0.3, -0.25) is 0 Å². The molecule has 240 valence electrons. The van der Waals surface area contributed by atoms with Gasteiger partial charge in [0.2, 0.25) is 0 Å². The Balaban J connectivity index is 1.07. The van der Waals surface area contributed by atoms with Crippen molar-refractivity contribution in [2.75, 3.05) is 4.90 Å². The van der Waals surface area contributed by atoms with E-state index in [4.69, 9.17) is 0 Å². The van der Waals surface area contributed by atoms with Crippen molar-refractivity contribution >= 4 is 72.7 Å². The predicted octanol–water partition coefficient (Wildman–Crippen LogP) is 13.0. The summed E-state index contributed by atoms with van der Waals surface area (Å²) >= 11 is 0.336. The average Bonchev–Trinajstić information content (AvgIpc) is 3.74. The first-order valence-corrected chi connectivity index (χ1v) is 19.1. The van der Waals surface area contributed by atoms with Crippen molar-refractivity contribution in [1.82, 2.24) is 4.57 Å². The van der Waals surface area contributed by atoms with Crippen LogP contribution in [-0.4, -0.2) is 19.1 Å². The zero-order chi connectivity index (χ0) is 33.7. The van der Waals surface area contributed by atoms with E-state index in [0.717, 1.165) is 17.1 Å². The molecule has 10 aromatic rings. The molecule has 0 aliphatic heterocycles. The standard InChI is InChI=1S/C48H32N2Se/c1-3-11-33(12-4-1)34-19-24-38(25-20-34)49(40-28-30-48-44(32-40)42-16-8-10-18-47(42)51-48)39-26-21-35(22-27-39)36-23-29-46-43(31-36)41-15-7-9-17-45(41)50(46)37-13-5-2-6-14-37/h1-32H. The molecule has 2 heterocycles. The number of hydrogen-bond donors (Lipinski definition) is 0. The van der Waals surface area contributed by atoms with Crippen molar-refractivity contribution in [2.45, 2.75) is 0 Å². The van der Waals surface area contributed by atoms with Gasteiger partial charge in [0.05, 0.1) is 11.0 Å². The number of benzene rings is 8. The first-order valence-electron chi connectivity index (χ1n) is 17.3. The molecule has 8 aromatic carbocycles. The van der Waals surface area contributed by atoms with Crippen molar-refractivity contribution < 1.29 is 0 Å². The molecule has 2 aromatic heterocycles. The maximum absolute atomic E-state index is 2.39. The minimum absolute atomic E-state index is 0.336. The molecule has 0 saturated carbocycles. The van der Waals surface area contributed by atoms with Crippen LogP contribution in [0.5, 0.6) is 0 Å². The van der Waals surface area contributed by atoms with E-state index in [1.807, 2.05) is 0 Å². The van der Waals surface area contributed by atoms with Gasteiger partial charge in [-0.05, 0) is 18.2 Å². The van der Waals surface area contributed by atoms with E-state index in [1.54, 1.807) is 0 Å². The molecule has 2 nitrogen and oxygen atoms in total. The molecule has 0 atom stereocenters. The second-order valence-corrected chi connectivity index (χ2v) is 15.3. The molecule has 10 rings (SSSR count). The summed E-state index contributed by atoms with van der Waals surface area (Å²) in [4.78, 5) is 2.39. The Morgan fingerprint density at radius 2 is 0.863 bits per heavy atom. The summed E-state index contributed by atoms with van der Waals surface area (Å²) in [5.41, 5.74) is 11.9. The molecule has 3 heteroatoms. The Morgan fingerprint density at radius 1 is 0.333 bits per heavy atom. The van der Waals surface area contributed by atoms with E-state index in [1.165, 1.54) is 69.0 Å². The topological polar surface area (TPSA) is 8.17 Å². The van der Waals surface area contributed by atoms with E-state index >= 15 is 0 Å². The van der Waals surface area contributed by atoms with Crippen molar-refractivity contribution in [2.24, 2.45) is 0 Å². The monoisotopic (exact) mass is 716 g/mol. The van der Waals surface area contributed by atoms with Crippen molar-refractivity contribution in [1.29, 1.82) is 0 Å². The summed E-state index contributed by atoms with van der Waals surface area (Å²) in [5, 5.41) is 5.25. The normalized spacial score (nSPS) is 11.5.